The third kappa shape index (κ3) is 5.84. The molecule has 17 heavy (non-hydrogen) atoms. The van der Waals surface area contributed by atoms with Crippen LogP contribution in [0.3, 0.4) is 0 Å². The van der Waals surface area contributed by atoms with Crippen molar-refractivity contribution < 1.29 is 0 Å². The van der Waals surface area contributed by atoms with Crippen LogP contribution in [0.2, 0.25) is 5.28 Å². The average molecular weight is 257 g/mol. The maximum Gasteiger partial charge on any atom is 0.224 e. The van der Waals surface area contributed by atoms with Crippen LogP contribution in [0.15, 0.2) is 6.07 Å². The number of hydrogen-bond donors (Lipinski definition) is 1. The molecular weight excluding hydrogens is 236 g/mol. The van der Waals surface area contributed by atoms with Crippen LogP contribution in [0, 0.1) is 0 Å². The topological polar surface area (TPSA) is 41.0 Å². The number of hydrogen-bond acceptors (Lipinski definition) is 4. The van der Waals surface area contributed by atoms with Crippen LogP contribution >= 0.6 is 11.6 Å². The Labute approximate surface area is 108 Å². The molecule has 0 saturated carbocycles. The second kappa shape index (κ2) is 7.45. The first-order chi connectivity index (χ1) is 8.11. The molecule has 1 aromatic heterocycles. The fourth-order valence-electron chi connectivity index (χ4n) is 1.55. The smallest absolute Gasteiger partial charge is 0.224 e. The number of anilines is 1. The Hall–Kier alpha value is -0.870. The number of nitrogens with zero attached hydrogens (tertiary/aromatic N) is 3. The van der Waals surface area contributed by atoms with Crippen molar-refractivity contribution >= 4 is 17.4 Å². The normalized spacial score (nSPS) is 10.9. The first kappa shape index (κ1) is 14.2. The van der Waals surface area contributed by atoms with Crippen molar-refractivity contribution in [3.63, 3.8) is 0 Å². The highest BCUT2D eigenvalue weighted by atomic mass is 35.5. The summed E-state index contributed by atoms with van der Waals surface area (Å²) in [5.74, 6) is 0.826. The Morgan fingerprint density at radius 2 is 2.12 bits per heavy atom. The maximum atomic E-state index is 5.88. The van der Waals surface area contributed by atoms with E-state index in [0.717, 1.165) is 43.9 Å². The number of rotatable bonds is 7. The van der Waals surface area contributed by atoms with Crippen LogP contribution in [-0.4, -0.2) is 42.1 Å². The van der Waals surface area contributed by atoms with Crippen LogP contribution in [-0.2, 0) is 6.42 Å². The lowest BCUT2D eigenvalue weighted by atomic mass is 10.2. The molecule has 0 bridgehead atoms. The molecule has 1 rings (SSSR count). The zero-order chi connectivity index (χ0) is 12.7. The quantitative estimate of drug-likeness (QED) is 0.601. The van der Waals surface area contributed by atoms with Crippen molar-refractivity contribution in [2.75, 3.05) is 32.5 Å². The highest BCUT2D eigenvalue weighted by Gasteiger charge is 2.02. The molecule has 0 spiro atoms. The lowest BCUT2D eigenvalue weighted by Gasteiger charge is -2.10. The minimum absolute atomic E-state index is 0.325. The largest absolute Gasteiger partial charge is 0.370 e. The molecule has 0 aromatic carbocycles. The van der Waals surface area contributed by atoms with Gasteiger partial charge in [-0.2, -0.15) is 0 Å². The average Bonchev–Trinajstić information content (AvgIpc) is 2.24. The van der Waals surface area contributed by atoms with Gasteiger partial charge in [0, 0.05) is 18.3 Å². The van der Waals surface area contributed by atoms with E-state index in [0.29, 0.717) is 5.28 Å². The molecule has 0 fully saturated rings. The Kier molecular flexibility index (Phi) is 6.22. The zero-order valence-corrected chi connectivity index (χ0v) is 11.6. The van der Waals surface area contributed by atoms with Gasteiger partial charge < -0.3 is 10.2 Å². The summed E-state index contributed by atoms with van der Waals surface area (Å²) in [7, 11) is 4.14. The van der Waals surface area contributed by atoms with Crippen LogP contribution in [0.25, 0.3) is 0 Å². The van der Waals surface area contributed by atoms with E-state index in [-0.39, 0.29) is 0 Å². The van der Waals surface area contributed by atoms with Crippen LogP contribution in [0.1, 0.15) is 25.5 Å². The maximum absolute atomic E-state index is 5.88. The van der Waals surface area contributed by atoms with Crippen molar-refractivity contribution in [2.24, 2.45) is 0 Å². The Balaban J connectivity index is 2.46. The van der Waals surface area contributed by atoms with Gasteiger partial charge in [-0.25, -0.2) is 9.97 Å². The predicted octanol–water partition coefficient (Wildman–Crippen LogP) is 2.45. The third-order valence-electron chi connectivity index (χ3n) is 2.35. The molecule has 1 aromatic rings. The highest BCUT2D eigenvalue weighted by Crippen LogP contribution is 2.11. The summed E-state index contributed by atoms with van der Waals surface area (Å²) >= 11 is 5.88. The van der Waals surface area contributed by atoms with E-state index in [1.807, 2.05) is 6.07 Å². The Morgan fingerprint density at radius 1 is 1.35 bits per heavy atom. The van der Waals surface area contributed by atoms with E-state index < -0.39 is 0 Å². The summed E-state index contributed by atoms with van der Waals surface area (Å²) in [5.41, 5.74) is 1.00. The molecule has 0 atom stereocenters. The third-order valence-corrected chi connectivity index (χ3v) is 2.52. The first-order valence-corrected chi connectivity index (χ1v) is 6.41. The summed E-state index contributed by atoms with van der Waals surface area (Å²) in [4.78, 5) is 10.5. The minimum atomic E-state index is 0.325. The zero-order valence-electron chi connectivity index (χ0n) is 10.8. The van der Waals surface area contributed by atoms with Crippen molar-refractivity contribution in [1.82, 2.24) is 14.9 Å². The van der Waals surface area contributed by atoms with Gasteiger partial charge >= 0.3 is 0 Å². The molecule has 5 heteroatoms. The van der Waals surface area contributed by atoms with E-state index >= 15 is 0 Å². The molecule has 0 unspecified atom stereocenters. The van der Waals surface area contributed by atoms with Gasteiger partial charge in [-0.15, -0.1) is 0 Å². The first-order valence-electron chi connectivity index (χ1n) is 6.04. The van der Waals surface area contributed by atoms with Crippen molar-refractivity contribution in [3.05, 3.63) is 17.0 Å². The predicted molar refractivity (Wildman–Crippen MR) is 72.7 cm³/mol. The molecule has 1 N–H and O–H groups in total. The van der Waals surface area contributed by atoms with E-state index in [1.165, 1.54) is 0 Å². The van der Waals surface area contributed by atoms with Gasteiger partial charge in [-0.3, -0.25) is 0 Å². The van der Waals surface area contributed by atoms with Gasteiger partial charge in [0.1, 0.15) is 5.82 Å². The van der Waals surface area contributed by atoms with Crippen molar-refractivity contribution in [1.29, 1.82) is 0 Å². The summed E-state index contributed by atoms with van der Waals surface area (Å²) in [6.07, 6.45) is 3.08. The summed E-state index contributed by atoms with van der Waals surface area (Å²) < 4.78 is 0. The summed E-state index contributed by atoms with van der Waals surface area (Å²) in [6, 6.07) is 1.98. The van der Waals surface area contributed by atoms with Crippen molar-refractivity contribution in [3.8, 4) is 0 Å². The summed E-state index contributed by atoms with van der Waals surface area (Å²) in [5, 5.41) is 3.60. The second-order valence-corrected chi connectivity index (χ2v) is 4.69. The lowest BCUT2D eigenvalue weighted by Crippen LogP contribution is -2.16. The van der Waals surface area contributed by atoms with Gasteiger partial charge in [-0.05, 0) is 45.1 Å². The molecule has 0 aliphatic carbocycles. The number of aryl methyl sites for hydroxylation is 1. The van der Waals surface area contributed by atoms with Gasteiger partial charge in [0.15, 0.2) is 0 Å². The highest BCUT2D eigenvalue weighted by molar-refractivity contribution is 6.28. The van der Waals surface area contributed by atoms with Gasteiger partial charge in [-0.1, -0.05) is 13.3 Å². The summed E-state index contributed by atoms with van der Waals surface area (Å²) in [6.45, 7) is 4.09. The molecule has 0 amide bonds. The van der Waals surface area contributed by atoms with Crippen LogP contribution in [0.5, 0.6) is 0 Å². The molecule has 0 saturated heterocycles. The standard InChI is InChI=1S/C12H21ClN4/c1-4-6-10-9-11(16-12(13)15-10)14-7-5-8-17(2)3/h9H,4-8H2,1-3H3,(H,14,15,16). The molecule has 0 aliphatic heterocycles. The van der Waals surface area contributed by atoms with E-state index in [2.05, 4.69) is 41.2 Å². The van der Waals surface area contributed by atoms with Gasteiger partial charge in [0.05, 0.1) is 0 Å². The van der Waals surface area contributed by atoms with Crippen LogP contribution < -0.4 is 5.32 Å². The molecule has 96 valence electrons. The van der Waals surface area contributed by atoms with E-state index in [1.54, 1.807) is 0 Å². The monoisotopic (exact) mass is 256 g/mol. The fourth-order valence-corrected chi connectivity index (χ4v) is 1.75. The second-order valence-electron chi connectivity index (χ2n) is 4.35. The molecular formula is C12H21ClN4. The number of nitrogens with one attached hydrogen (secondary N) is 1. The molecule has 1 heterocycles. The van der Waals surface area contributed by atoms with E-state index in [4.69, 9.17) is 11.6 Å². The minimum Gasteiger partial charge on any atom is -0.370 e. The molecule has 4 nitrogen and oxygen atoms in total. The fraction of sp³-hybridized carbons (Fsp3) is 0.667. The van der Waals surface area contributed by atoms with Gasteiger partial charge in [0.25, 0.3) is 0 Å². The van der Waals surface area contributed by atoms with E-state index in [9.17, 15) is 0 Å². The number of aromatic nitrogens is 2. The molecule has 0 aliphatic rings. The van der Waals surface area contributed by atoms with Crippen LogP contribution in [0.4, 0.5) is 5.82 Å². The molecule has 0 radical (unpaired) electrons. The lowest BCUT2D eigenvalue weighted by molar-refractivity contribution is 0.405. The Bertz CT molecular complexity index is 341. The van der Waals surface area contributed by atoms with Gasteiger partial charge in [0.2, 0.25) is 5.28 Å². The van der Waals surface area contributed by atoms with Crippen molar-refractivity contribution in [2.45, 2.75) is 26.2 Å². The number of halogens is 1. The SMILES string of the molecule is CCCc1cc(NCCCN(C)C)nc(Cl)n1. The Morgan fingerprint density at radius 3 is 2.76 bits per heavy atom.